The number of rotatable bonds is 4. The molecule has 3 aromatic rings. The molecule has 0 bridgehead atoms. The number of pyridine rings is 1. The minimum absolute atomic E-state index is 0.754. The lowest BCUT2D eigenvalue weighted by Crippen LogP contribution is -2.36. The summed E-state index contributed by atoms with van der Waals surface area (Å²) in [5.74, 6) is 1.56. The third-order valence-electron chi connectivity index (χ3n) is 4.81. The molecule has 4 rings (SSSR count). The largest absolute Gasteiger partial charge is 0.496 e. The normalized spacial score (nSPS) is 14.7. The first-order valence-corrected chi connectivity index (χ1v) is 8.74. The van der Waals surface area contributed by atoms with Crippen molar-refractivity contribution in [1.82, 2.24) is 9.38 Å². The Morgan fingerprint density at radius 2 is 1.81 bits per heavy atom. The lowest BCUT2D eigenvalue weighted by Gasteiger charge is -2.28. The number of nitrogens with zero attached hydrogens (tertiary/aromatic N) is 3. The van der Waals surface area contributed by atoms with Crippen LogP contribution < -0.4 is 14.4 Å². The number of hydrogen-bond acceptors (Lipinski definition) is 5. The number of morpholine rings is 1. The lowest BCUT2D eigenvalue weighted by molar-refractivity contribution is 0.122. The summed E-state index contributed by atoms with van der Waals surface area (Å²) in [6.45, 7) is 5.39. The molecule has 26 heavy (non-hydrogen) atoms. The van der Waals surface area contributed by atoms with Gasteiger partial charge in [0.15, 0.2) is 0 Å². The number of imidazole rings is 1. The Hall–Kier alpha value is -2.73. The first-order valence-electron chi connectivity index (χ1n) is 8.74. The Labute approximate surface area is 152 Å². The molecule has 0 aliphatic carbocycles. The van der Waals surface area contributed by atoms with Gasteiger partial charge >= 0.3 is 0 Å². The van der Waals surface area contributed by atoms with Crippen LogP contribution in [0.3, 0.4) is 0 Å². The topological polar surface area (TPSA) is 48.2 Å². The summed E-state index contributed by atoms with van der Waals surface area (Å²) in [6, 6.07) is 8.22. The average Bonchev–Trinajstić information content (AvgIpc) is 3.11. The van der Waals surface area contributed by atoms with E-state index in [1.807, 2.05) is 23.6 Å². The van der Waals surface area contributed by atoms with Crippen molar-refractivity contribution in [2.24, 2.45) is 0 Å². The fourth-order valence-electron chi connectivity index (χ4n) is 3.38. The van der Waals surface area contributed by atoms with Crippen LogP contribution in [0.1, 0.15) is 5.56 Å². The fraction of sp³-hybridized carbons (Fsp3) is 0.350. The quantitative estimate of drug-likeness (QED) is 0.721. The van der Waals surface area contributed by atoms with Gasteiger partial charge in [0, 0.05) is 48.9 Å². The third kappa shape index (κ3) is 2.97. The minimum atomic E-state index is 0.754. The SMILES string of the molecule is COc1cc(OC)c(-c2cn3ccc(N4CCOCC4)cc3n2)cc1C. The predicted molar refractivity (Wildman–Crippen MR) is 102 cm³/mol. The average molecular weight is 353 g/mol. The number of ether oxygens (including phenoxy) is 3. The molecule has 136 valence electrons. The standard InChI is InChI=1S/C20H23N3O3/c1-14-10-16(19(25-3)12-18(14)24-2)17-13-23-5-4-15(11-20(23)21-17)22-6-8-26-9-7-22/h4-5,10-13H,6-9H2,1-3H3. The molecule has 1 fully saturated rings. The second kappa shape index (κ2) is 6.88. The highest BCUT2D eigenvalue weighted by molar-refractivity contribution is 5.72. The van der Waals surface area contributed by atoms with Gasteiger partial charge in [0.1, 0.15) is 17.1 Å². The monoisotopic (exact) mass is 353 g/mol. The van der Waals surface area contributed by atoms with Crippen LogP contribution in [0.15, 0.2) is 36.7 Å². The van der Waals surface area contributed by atoms with Crippen molar-refractivity contribution in [2.75, 3.05) is 45.4 Å². The molecule has 6 nitrogen and oxygen atoms in total. The number of benzene rings is 1. The number of anilines is 1. The summed E-state index contributed by atoms with van der Waals surface area (Å²) in [5.41, 5.74) is 4.99. The fourth-order valence-corrected chi connectivity index (χ4v) is 3.38. The number of methoxy groups -OCH3 is 2. The van der Waals surface area contributed by atoms with Crippen LogP contribution in [-0.4, -0.2) is 49.9 Å². The van der Waals surface area contributed by atoms with Crippen LogP contribution >= 0.6 is 0 Å². The van der Waals surface area contributed by atoms with Crippen LogP contribution in [0.4, 0.5) is 5.69 Å². The summed E-state index contributed by atoms with van der Waals surface area (Å²) >= 11 is 0. The van der Waals surface area contributed by atoms with Gasteiger partial charge in [-0.15, -0.1) is 0 Å². The van der Waals surface area contributed by atoms with E-state index in [9.17, 15) is 0 Å². The highest BCUT2D eigenvalue weighted by atomic mass is 16.5. The van der Waals surface area contributed by atoms with E-state index in [4.69, 9.17) is 19.2 Å². The maximum Gasteiger partial charge on any atom is 0.139 e. The van der Waals surface area contributed by atoms with Gasteiger partial charge < -0.3 is 23.5 Å². The van der Waals surface area contributed by atoms with Crippen LogP contribution in [0, 0.1) is 6.92 Å². The summed E-state index contributed by atoms with van der Waals surface area (Å²) < 4.78 is 18.4. The second-order valence-corrected chi connectivity index (χ2v) is 6.40. The molecule has 0 saturated carbocycles. The molecule has 1 aliphatic heterocycles. The molecule has 0 radical (unpaired) electrons. The zero-order chi connectivity index (χ0) is 18.1. The zero-order valence-electron chi connectivity index (χ0n) is 15.4. The van der Waals surface area contributed by atoms with E-state index in [0.717, 1.165) is 60.3 Å². The molecule has 1 saturated heterocycles. The predicted octanol–water partition coefficient (Wildman–Crippen LogP) is 3.16. The van der Waals surface area contributed by atoms with E-state index in [1.165, 1.54) is 5.69 Å². The molecule has 0 spiro atoms. The van der Waals surface area contributed by atoms with E-state index in [2.05, 4.69) is 29.3 Å². The molecule has 0 amide bonds. The Balaban J connectivity index is 1.74. The molecular weight excluding hydrogens is 330 g/mol. The molecular formula is C20H23N3O3. The number of fused-ring (bicyclic) bond motifs is 1. The maximum atomic E-state index is 5.56. The van der Waals surface area contributed by atoms with Crippen molar-refractivity contribution >= 4 is 11.3 Å². The van der Waals surface area contributed by atoms with E-state index >= 15 is 0 Å². The van der Waals surface area contributed by atoms with E-state index < -0.39 is 0 Å². The Morgan fingerprint density at radius 3 is 2.54 bits per heavy atom. The first-order chi connectivity index (χ1) is 12.7. The number of aryl methyl sites for hydroxylation is 1. The van der Waals surface area contributed by atoms with Gasteiger partial charge in [-0.25, -0.2) is 4.98 Å². The van der Waals surface area contributed by atoms with Crippen molar-refractivity contribution in [3.05, 3.63) is 42.2 Å². The Bertz CT molecular complexity index is 929. The van der Waals surface area contributed by atoms with Crippen LogP contribution in [0.5, 0.6) is 11.5 Å². The highest BCUT2D eigenvalue weighted by Gasteiger charge is 2.15. The van der Waals surface area contributed by atoms with Gasteiger partial charge in [0.05, 0.1) is 33.1 Å². The Morgan fingerprint density at radius 1 is 1.04 bits per heavy atom. The molecule has 2 aromatic heterocycles. The van der Waals surface area contributed by atoms with Crippen LogP contribution in [-0.2, 0) is 4.74 Å². The van der Waals surface area contributed by atoms with Crippen molar-refractivity contribution in [3.8, 4) is 22.8 Å². The summed E-state index contributed by atoms with van der Waals surface area (Å²) in [7, 11) is 3.33. The van der Waals surface area contributed by atoms with E-state index in [1.54, 1.807) is 14.2 Å². The Kier molecular flexibility index (Phi) is 4.42. The summed E-state index contributed by atoms with van der Waals surface area (Å²) in [4.78, 5) is 7.16. The summed E-state index contributed by atoms with van der Waals surface area (Å²) in [6.07, 6.45) is 4.09. The number of aromatic nitrogens is 2. The van der Waals surface area contributed by atoms with E-state index in [0.29, 0.717) is 0 Å². The second-order valence-electron chi connectivity index (χ2n) is 6.40. The molecule has 1 aliphatic rings. The lowest BCUT2D eigenvalue weighted by atomic mass is 10.1. The number of hydrogen-bond donors (Lipinski definition) is 0. The van der Waals surface area contributed by atoms with E-state index in [-0.39, 0.29) is 0 Å². The van der Waals surface area contributed by atoms with Gasteiger partial charge in [-0.3, -0.25) is 0 Å². The molecule has 0 N–H and O–H groups in total. The first kappa shape index (κ1) is 16.7. The van der Waals surface area contributed by atoms with Gasteiger partial charge in [-0.2, -0.15) is 0 Å². The molecule has 0 atom stereocenters. The molecule has 0 unspecified atom stereocenters. The van der Waals surface area contributed by atoms with Crippen molar-refractivity contribution in [1.29, 1.82) is 0 Å². The summed E-state index contributed by atoms with van der Waals surface area (Å²) in [5, 5.41) is 0. The smallest absolute Gasteiger partial charge is 0.139 e. The third-order valence-corrected chi connectivity index (χ3v) is 4.81. The van der Waals surface area contributed by atoms with Crippen LogP contribution in [0.25, 0.3) is 16.9 Å². The van der Waals surface area contributed by atoms with Gasteiger partial charge in [0.25, 0.3) is 0 Å². The van der Waals surface area contributed by atoms with Gasteiger partial charge in [-0.05, 0) is 24.6 Å². The van der Waals surface area contributed by atoms with Crippen molar-refractivity contribution < 1.29 is 14.2 Å². The zero-order valence-corrected chi connectivity index (χ0v) is 15.4. The highest BCUT2D eigenvalue weighted by Crippen LogP contribution is 2.35. The maximum absolute atomic E-state index is 5.56. The molecule has 1 aromatic carbocycles. The van der Waals surface area contributed by atoms with Crippen molar-refractivity contribution in [3.63, 3.8) is 0 Å². The minimum Gasteiger partial charge on any atom is -0.496 e. The molecule has 6 heteroatoms. The van der Waals surface area contributed by atoms with Gasteiger partial charge in [-0.1, -0.05) is 0 Å². The van der Waals surface area contributed by atoms with Gasteiger partial charge in [0.2, 0.25) is 0 Å². The van der Waals surface area contributed by atoms with Crippen LogP contribution in [0.2, 0.25) is 0 Å². The van der Waals surface area contributed by atoms with Crippen molar-refractivity contribution in [2.45, 2.75) is 6.92 Å². The molecule has 3 heterocycles.